The van der Waals surface area contributed by atoms with Crippen LogP contribution in [0.5, 0.6) is 0 Å². The molecular weight excluding hydrogens is 316 g/mol. The molecule has 4 aliphatic rings. The molecule has 26 heavy (non-hydrogen) atoms. The summed E-state index contributed by atoms with van der Waals surface area (Å²) < 4.78 is 0. The van der Waals surface area contributed by atoms with Crippen LogP contribution in [0.15, 0.2) is 0 Å². The highest BCUT2D eigenvalue weighted by molar-refractivity contribution is 5.12. The molecule has 10 atom stereocenters. The van der Waals surface area contributed by atoms with Gasteiger partial charge in [-0.2, -0.15) is 0 Å². The van der Waals surface area contributed by atoms with E-state index in [2.05, 4.69) is 34.6 Å². The maximum absolute atomic E-state index is 11.5. The van der Waals surface area contributed by atoms with Crippen LogP contribution in [0.4, 0.5) is 0 Å². The number of fused-ring (bicyclic) bond motifs is 5. The van der Waals surface area contributed by atoms with Crippen LogP contribution < -0.4 is 0 Å². The molecule has 150 valence electrons. The van der Waals surface area contributed by atoms with Crippen molar-refractivity contribution in [1.82, 2.24) is 0 Å². The standard InChI is InChI=1S/C25H44O/c1-6-9-16(2)18-11-12-20-22-21(13-15-25(18,20)5)24(4)14-8-7-10-19(24)17(3)23(22)26/h16-23,26H,6-15H2,1-5H3/t16-,17-,18?,19?,20?,21?,22?,23-,24?,25?/m1/s1. The smallest absolute Gasteiger partial charge is 0.0602 e. The van der Waals surface area contributed by atoms with Gasteiger partial charge in [0, 0.05) is 0 Å². The van der Waals surface area contributed by atoms with Crippen molar-refractivity contribution in [2.75, 3.05) is 0 Å². The molecule has 7 unspecified atom stereocenters. The topological polar surface area (TPSA) is 20.2 Å². The molecule has 1 heteroatoms. The van der Waals surface area contributed by atoms with Gasteiger partial charge in [-0.15, -0.1) is 0 Å². The van der Waals surface area contributed by atoms with E-state index in [1.165, 1.54) is 64.2 Å². The predicted octanol–water partition coefficient (Wildman–Crippen LogP) is 6.69. The minimum Gasteiger partial charge on any atom is -0.393 e. The van der Waals surface area contributed by atoms with Gasteiger partial charge in [-0.1, -0.05) is 60.3 Å². The third-order valence-corrected chi connectivity index (χ3v) is 10.6. The van der Waals surface area contributed by atoms with E-state index < -0.39 is 0 Å². The summed E-state index contributed by atoms with van der Waals surface area (Å²) in [6.07, 6.45) is 13.9. The van der Waals surface area contributed by atoms with Gasteiger partial charge in [0.25, 0.3) is 0 Å². The summed E-state index contributed by atoms with van der Waals surface area (Å²) in [6.45, 7) is 12.5. The Morgan fingerprint density at radius 2 is 1.65 bits per heavy atom. The summed E-state index contributed by atoms with van der Waals surface area (Å²) in [5, 5.41) is 11.5. The first-order chi connectivity index (χ1) is 12.3. The van der Waals surface area contributed by atoms with Crippen LogP contribution in [-0.4, -0.2) is 11.2 Å². The number of hydrogen-bond donors (Lipinski definition) is 1. The second kappa shape index (κ2) is 6.78. The van der Waals surface area contributed by atoms with E-state index in [4.69, 9.17) is 0 Å². The molecule has 0 aromatic carbocycles. The van der Waals surface area contributed by atoms with Crippen molar-refractivity contribution in [3.05, 3.63) is 0 Å². The fourth-order valence-corrected chi connectivity index (χ4v) is 9.37. The Kier molecular flexibility index (Phi) is 5.03. The maximum Gasteiger partial charge on any atom is 0.0602 e. The highest BCUT2D eigenvalue weighted by Gasteiger charge is 2.63. The zero-order chi connectivity index (χ0) is 18.7. The number of aliphatic hydroxyl groups is 1. The van der Waals surface area contributed by atoms with E-state index in [0.29, 0.717) is 22.7 Å². The fraction of sp³-hybridized carbons (Fsp3) is 1.00. The Labute approximate surface area is 162 Å². The summed E-state index contributed by atoms with van der Waals surface area (Å²) in [4.78, 5) is 0. The van der Waals surface area contributed by atoms with E-state index in [0.717, 1.165) is 29.6 Å². The van der Waals surface area contributed by atoms with E-state index in [9.17, 15) is 5.11 Å². The molecule has 4 fully saturated rings. The van der Waals surface area contributed by atoms with E-state index in [1.54, 1.807) is 0 Å². The monoisotopic (exact) mass is 360 g/mol. The largest absolute Gasteiger partial charge is 0.393 e. The van der Waals surface area contributed by atoms with Crippen LogP contribution in [-0.2, 0) is 0 Å². The Bertz CT molecular complexity index is 514. The van der Waals surface area contributed by atoms with Gasteiger partial charge in [0.1, 0.15) is 0 Å². The minimum atomic E-state index is -0.0407. The first-order valence-electron chi connectivity index (χ1n) is 12.0. The lowest BCUT2D eigenvalue weighted by atomic mass is 9.42. The third kappa shape index (κ3) is 2.58. The van der Waals surface area contributed by atoms with Gasteiger partial charge >= 0.3 is 0 Å². The van der Waals surface area contributed by atoms with Gasteiger partial charge < -0.3 is 5.11 Å². The summed E-state index contributed by atoms with van der Waals surface area (Å²) >= 11 is 0. The molecular formula is C25H44O. The average Bonchev–Trinajstić information content (AvgIpc) is 2.96. The zero-order valence-corrected chi connectivity index (χ0v) is 18.1. The summed E-state index contributed by atoms with van der Waals surface area (Å²) in [6, 6.07) is 0. The van der Waals surface area contributed by atoms with Crippen molar-refractivity contribution in [3.63, 3.8) is 0 Å². The third-order valence-electron chi connectivity index (χ3n) is 10.6. The highest BCUT2D eigenvalue weighted by atomic mass is 16.3. The first-order valence-corrected chi connectivity index (χ1v) is 12.0. The molecule has 1 nitrogen and oxygen atoms in total. The molecule has 0 aromatic rings. The van der Waals surface area contributed by atoms with Gasteiger partial charge in [0.05, 0.1) is 6.10 Å². The van der Waals surface area contributed by atoms with Crippen molar-refractivity contribution >= 4 is 0 Å². The molecule has 0 radical (unpaired) electrons. The van der Waals surface area contributed by atoms with Gasteiger partial charge in [-0.05, 0) is 90.8 Å². The molecule has 4 saturated carbocycles. The maximum atomic E-state index is 11.5. The molecule has 1 N–H and O–H groups in total. The van der Waals surface area contributed by atoms with Crippen LogP contribution in [0.1, 0.15) is 98.8 Å². The van der Waals surface area contributed by atoms with Gasteiger partial charge in [0.2, 0.25) is 0 Å². The van der Waals surface area contributed by atoms with Crippen LogP contribution in [0.3, 0.4) is 0 Å². The molecule has 0 spiro atoms. The zero-order valence-electron chi connectivity index (χ0n) is 18.1. The lowest BCUT2D eigenvalue weighted by Crippen LogP contribution is -2.60. The Morgan fingerprint density at radius 1 is 0.923 bits per heavy atom. The van der Waals surface area contributed by atoms with E-state index in [-0.39, 0.29) is 6.10 Å². The lowest BCUT2D eigenvalue weighted by Gasteiger charge is -2.64. The first kappa shape index (κ1) is 19.3. The highest BCUT2D eigenvalue weighted by Crippen LogP contribution is 2.69. The van der Waals surface area contributed by atoms with E-state index in [1.807, 2.05) is 0 Å². The molecule has 4 rings (SSSR count). The van der Waals surface area contributed by atoms with Crippen molar-refractivity contribution in [1.29, 1.82) is 0 Å². The average molecular weight is 361 g/mol. The second-order valence-electron chi connectivity index (χ2n) is 11.5. The van der Waals surface area contributed by atoms with Crippen LogP contribution in [0, 0.1) is 52.3 Å². The molecule has 0 bridgehead atoms. The van der Waals surface area contributed by atoms with Crippen molar-refractivity contribution < 1.29 is 5.11 Å². The van der Waals surface area contributed by atoms with Crippen molar-refractivity contribution in [2.24, 2.45) is 52.3 Å². The summed E-state index contributed by atoms with van der Waals surface area (Å²) in [5.41, 5.74) is 1.00. The molecule has 4 aliphatic carbocycles. The summed E-state index contributed by atoms with van der Waals surface area (Å²) in [5.74, 6) is 5.20. The van der Waals surface area contributed by atoms with Crippen LogP contribution in [0.25, 0.3) is 0 Å². The second-order valence-corrected chi connectivity index (χ2v) is 11.5. The van der Waals surface area contributed by atoms with Crippen molar-refractivity contribution in [3.8, 4) is 0 Å². The van der Waals surface area contributed by atoms with Gasteiger partial charge in [-0.3, -0.25) is 0 Å². The fourth-order valence-electron chi connectivity index (χ4n) is 9.37. The Balaban J connectivity index is 1.65. The SMILES string of the molecule is CCC[C@@H](C)C1CCC2C3C(CCC21C)C1(C)CCCCC1[C@@H](C)[C@H]3O. The lowest BCUT2D eigenvalue weighted by molar-refractivity contribution is -0.189. The van der Waals surface area contributed by atoms with E-state index >= 15 is 0 Å². The van der Waals surface area contributed by atoms with Crippen molar-refractivity contribution in [2.45, 2.75) is 105 Å². The quantitative estimate of drug-likeness (QED) is 0.594. The number of rotatable bonds is 3. The van der Waals surface area contributed by atoms with Crippen LogP contribution >= 0.6 is 0 Å². The van der Waals surface area contributed by atoms with Gasteiger partial charge in [-0.25, -0.2) is 0 Å². The van der Waals surface area contributed by atoms with Gasteiger partial charge in [0.15, 0.2) is 0 Å². The predicted molar refractivity (Wildman–Crippen MR) is 110 cm³/mol. The molecule has 0 aliphatic heterocycles. The summed E-state index contributed by atoms with van der Waals surface area (Å²) in [7, 11) is 0. The molecule has 0 aromatic heterocycles. The Morgan fingerprint density at radius 3 is 2.38 bits per heavy atom. The molecule has 0 heterocycles. The number of hydrogen-bond acceptors (Lipinski definition) is 1. The number of aliphatic hydroxyl groups excluding tert-OH is 1. The van der Waals surface area contributed by atoms with Crippen LogP contribution in [0.2, 0.25) is 0 Å². The minimum absolute atomic E-state index is 0.0407. The molecule has 0 saturated heterocycles. The normalized spacial score (nSPS) is 54.9. The molecule has 0 amide bonds. The Hall–Kier alpha value is -0.0400.